The Hall–Kier alpha value is -0.300. The molecule has 0 aromatic rings. The molecule has 0 N–H and O–H groups in total. The highest BCUT2D eigenvalue weighted by Crippen LogP contribution is 2.36. The molecule has 0 aromatic carbocycles. The molecule has 0 aliphatic rings. The third-order valence-electron chi connectivity index (χ3n) is 1.62. The molecule has 0 aliphatic carbocycles. The number of rotatable bonds is 5. The van der Waals surface area contributed by atoms with Crippen LogP contribution in [0.25, 0.3) is 0 Å². The minimum absolute atomic E-state index is 0.253. The van der Waals surface area contributed by atoms with Crippen LogP contribution in [0, 0.1) is 0 Å². The second-order valence-electron chi connectivity index (χ2n) is 2.74. The summed E-state index contributed by atoms with van der Waals surface area (Å²) in [5.41, 5.74) is 0. The van der Waals surface area contributed by atoms with Crippen molar-refractivity contribution in [2.75, 3.05) is 24.8 Å². The Bertz CT molecular complexity index is 239. The van der Waals surface area contributed by atoms with Crippen molar-refractivity contribution in [1.29, 1.82) is 0 Å². The van der Waals surface area contributed by atoms with E-state index in [0.717, 1.165) is 0 Å². The number of hydrogen-bond donors (Lipinski definition) is 0. The summed E-state index contributed by atoms with van der Waals surface area (Å²) in [6.07, 6.45) is -5.92. The van der Waals surface area contributed by atoms with Gasteiger partial charge in [-0.05, 0) is 0 Å². The lowest BCUT2D eigenvalue weighted by molar-refractivity contribution is -0.274. The number of carbonyl (C=O) groups excluding carboxylic acids is 1. The Morgan fingerprint density at radius 2 is 1.38 bits per heavy atom. The van der Waals surface area contributed by atoms with Crippen LogP contribution in [0.2, 0.25) is 0 Å². The molecule has 0 unspecified atom stereocenters. The van der Waals surface area contributed by atoms with Gasteiger partial charge in [0, 0.05) is 24.8 Å². The largest absolute Gasteiger partial charge is 0.463 e. The molecule has 0 rings (SSSR count). The van der Waals surface area contributed by atoms with Gasteiger partial charge in [-0.1, -0.05) is 0 Å². The van der Waals surface area contributed by atoms with Crippen molar-refractivity contribution >= 4 is 29.1 Å². The van der Waals surface area contributed by atoms with Crippen LogP contribution in [0.3, 0.4) is 0 Å². The van der Waals surface area contributed by atoms with Gasteiger partial charge >= 0.3 is 18.0 Å². The normalized spacial score (nSPS) is 12.7. The van der Waals surface area contributed by atoms with Gasteiger partial charge in [-0.15, -0.1) is 23.2 Å². The molecular weight excluding hydrogens is 280 g/mol. The maximum atomic E-state index is 12.6. The summed E-state index contributed by atoms with van der Waals surface area (Å²) in [5, 5.41) is 0. The summed E-state index contributed by atoms with van der Waals surface area (Å²) in [6.45, 7) is -0.836. The zero-order chi connectivity index (χ0) is 13.0. The Balaban J connectivity index is 4.85. The van der Waals surface area contributed by atoms with Crippen LogP contribution < -0.4 is 0 Å². The number of nitrogens with zero attached hydrogens (tertiary/aromatic N) is 1. The van der Waals surface area contributed by atoms with Gasteiger partial charge in [0.15, 0.2) is 0 Å². The van der Waals surface area contributed by atoms with Crippen LogP contribution >= 0.6 is 23.2 Å². The van der Waals surface area contributed by atoms with Gasteiger partial charge in [-0.2, -0.15) is 22.0 Å². The number of carbonyl (C=O) groups is 1. The average molecular weight is 288 g/mol. The fourth-order valence-electron chi connectivity index (χ4n) is 0.839. The van der Waals surface area contributed by atoms with Gasteiger partial charge in [0.2, 0.25) is 0 Å². The van der Waals surface area contributed by atoms with E-state index in [4.69, 9.17) is 23.2 Å². The minimum Gasteiger partial charge on any atom is -0.335 e. The molecule has 0 atom stereocenters. The molecule has 0 fully saturated rings. The lowest BCUT2D eigenvalue weighted by atomic mass is 10.2. The second-order valence-corrected chi connectivity index (χ2v) is 3.50. The molecule has 0 bridgehead atoms. The molecule has 1 amide bonds. The van der Waals surface area contributed by atoms with E-state index in [1.807, 2.05) is 0 Å². The van der Waals surface area contributed by atoms with E-state index in [1.165, 1.54) is 0 Å². The van der Waals surface area contributed by atoms with E-state index < -0.39 is 31.1 Å². The van der Waals surface area contributed by atoms with Crippen LogP contribution in [-0.4, -0.2) is 47.8 Å². The molecule has 0 spiro atoms. The first-order valence-corrected chi connectivity index (χ1v) is 5.11. The van der Waals surface area contributed by atoms with Crippen LogP contribution in [0.15, 0.2) is 0 Å². The predicted octanol–water partition coefficient (Wildman–Crippen LogP) is 2.49. The fourth-order valence-corrected chi connectivity index (χ4v) is 1.25. The smallest absolute Gasteiger partial charge is 0.335 e. The third kappa shape index (κ3) is 3.62. The van der Waals surface area contributed by atoms with E-state index in [0.29, 0.717) is 0 Å². The topological polar surface area (TPSA) is 20.3 Å². The molecule has 0 heterocycles. The summed E-state index contributed by atoms with van der Waals surface area (Å²) < 4.78 is 60.8. The van der Waals surface area contributed by atoms with Crippen molar-refractivity contribution in [2.24, 2.45) is 0 Å². The van der Waals surface area contributed by atoms with E-state index in [1.54, 1.807) is 0 Å². The van der Waals surface area contributed by atoms with Crippen LogP contribution in [0.4, 0.5) is 22.0 Å². The summed E-state index contributed by atoms with van der Waals surface area (Å²) in [4.78, 5) is 11.2. The molecule has 0 saturated heterocycles. The first-order chi connectivity index (χ1) is 7.18. The first kappa shape index (κ1) is 15.7. The Labute approximate surface area is 98.3 Å². The maximum absolute atomic E-state index is 12.6. The van der Waals surface area contributed by atoms with Crippen molar-refractivity contribution in [2.45, 2.75) is 12.1 Å². The van der Waals surface area contributed by atoms with Crippen molar-refractivity contribution in [3.63, 3.8) is 0 Å². The third-order valence-corrected chi connectivity index (χ3v) is 1.96. The molecule has 2 nitrogen and oxygen atoms in total. The summed E-state index contributed by atoms with van der Waals surface area (Å²) in [5.74, 6) is -8.25. The quantitative estimate of drug-likeness (QED) is 0.562. The van der Waals surface area contributed by atoms with Crippen LogP contribution in [0.5, 0.6) is 0 Å². The molecule has 0 saturated carbocycles. The molecule has 16 heavy (non-hydrogen) atoms. The minimum atomic E-state index is -5.92. The number of amides is 1. The number of alkyl halides is 7. The predicted molar refractivity (Wildman–Crippen MR) is 49.0 cm³/mol. The highest BCUT2D eigenvalue weighted by atomic mass is 35.5. The van der Waals surface area contributed by atoms with Gasteiger partial charge in [0.25, 0.3) is 0 Å². The first-order valence-electron chi connectivity index (χ1n) is 4.04. The molecule has 0 aromatic heterocycles. The molecule has 96 valence electrons. The second kappa shape index (κ2) is 5.86. The van der Waals surface area contributed by atoms with Gasteiger partial charge in [-0.25, -0.2) is 0 Å². The van der Waals surface area contributed by atoms with Crippen molar-refractivity contribution in [3.8, 4) is 0 Å². The SMILES string of the molecule is O=C(N(CCCl)CCCl)C(F)(F)C(F)(F)F. The molecule has 0 radical (unpaired) electrons. The molecular formula is C7H8Cl2F5NO. The van der Waals surface area contributed by atoms with Crippen LogP contribution in [-0.2, 0) is 4.79 Å². The zero-order valence-corrected chi connectivity index (χ0v) is 9.34. The average Bonchev–Trinajstić information content (AvgIpc) is 2.14. The van der Waals surface area contributed by atoms with Crippen molar-refractivity contribution in [1.82, 2.24) is 4.90 Å². The van der Waals surface area contributed by atoms with Crippen molar-refractivity contribution < 1.29 is 26.7 Å². The summed E-state index contributed by atoms with van der Waals surface area (Å²) in [6, 6.07) is 0. The van der Waals surface area contributed by atoms with Gasteiger partial charge in [-0.3, -0.25) is 4.79 Å². The van der Waals surface area contributed by atoms with Gasteiger partial charge < -0.3 is 4.90 Å². The number of halogens is 7. The maximum Gasteiger partial charge on any atom is 0.463 e. The lowest BCUT2D eigenvalue weighted by Gasteiger charge is -2.26. The summed E-state index contributed by atoms with van der Waals surface area (Å²) >= 11 is 10.4. The number of hydrogen-bond acceptors (Lipinski definition) is 1. The van der Waals surface area contributed by atoms with Gasteiger partial charge in [0.05, 0.1) is 0 Å². The van der Waals surface area contributed by atoms with Crippen molar-refractivity contribution in [3.05, 3.63) is 0 Å². The van der Waals surface area contributed by atoms with E-state index >= 15 is 0 Å². The Kier molecular flexibility index (Phi) is 5.75. The highest BCUT2D eigenvalue weighted by Gasteiger charge is 2.64. The summed E-state index contributed by atoms with van der Waals surface area (Å²) in [7, 11) is 0. The highest BCUT2D eigenvalue weighted by molar-refractivity contribution is 6.18. The van der Waals surface area contributed by atoms with Gasteiger partial charge in [0.1, 0.15) is 0 Å². The van der Waals surface area contributed by atoms with Crippen LogP contribution in [0.1, 0.15) is 0 Å². The lowest BCUT2D eigenvalue weighted by Crippen LogP contribution is -2.53. The van der Waals surface area contributed by atoms with E-state index in [-0.39, 0.29) is 16.7 Å². The van der Waals surface area contributed by atoms with E-state index in [9.17, 15) is 26.7 Å². The van der Waals surface area contributed by atoms with E-state index in [2.05, 4.69) is 0 Å². The fraction of sp³-hybridized carbons (Fsp3) is 0.857. The zero-order valence-electron chi connectivity index (χ0n) is 7.83. The Morgan fingerprint density at radius 1 is 1.00 bits per heavy atom. The molecule has 0 aliphatic heterocycles. The standard InChI is InChI=1S/C7H8Cl2F5NO/c8-1-3-15(4-2-9)5(16)6(10,11)7(12,13)14/h1-4H2. The monoisotopic (exact) mass is 287 g/mol. The Morgan fingerprint density at radius 3 is 1.62 bits per heavy atom. The molecule has 9 heteroatoms.